The van der Waals surface area contributed by atoms with E-state index in [9.17, 15) is 4.79 Å². The lowest BCUT2D eigenvalue weighted by Crippen LogP contribution is -2.36. The molecule has 0 spiro atoms. The van der Waals surface area contributed by atoms with Gasteiger partial charge in [-0.15, -0.1) is 0 Å². The molecule has 1 saturated carbocycles. The summed E-state index contributed by atoms with van der Waals surface area (Å²) in [4.78, 5) is 16.9. The fourth-order valence-corrected chi connectivity index (χ4v) is 5.20. The van der Waals surface area contributed by atoms with Gasteiger partial charge < -0.3 is 4.57 Å². The number of rotatable bonds is 6. The summed E-state index contributed by atoms with van der Waals surface area (Å²) in [6.07, 6.45) is 7.59. The minimum Gasteiger partial charge on any atom is -0.318 e. The van der Waals surface area contributed by atoms with Crippen LogP contribution in [0, 0.1) is 0 Å². The summed E-state index contributed by atoms with van der Waals surface area (Å²) in [6, 6.07) is 39.9. The number of Topliss-reactive ketones (excluding diaryl/α,β-unsaturated/α-hetero) is 1. The quantitative estimate of drug-likeness (QED) is 0.197. The monoisotopic (exact) mass is 466 g/mol. The standard InChI is InChI=1S/C33H26N2O/c36-32-21-20-26(32)22-25-12-10-11-19-30(25)31-23-35(24-34-31)33(27-13-4-1-5-14-27,28-15-6-2-7-16-28)29-17-8-3-9-18-29/h1-19,22-24H,20-21H2. The summed E-state index contributed by atoms with van der Waals surface area (Å²) in [5.74, 6) is 0.242. The molecule has 0 unspecified atom stereocenters. The predicted molar refractivity (Wildman–Crippen MR) is 144 cm³/mol. The number of hydrogen-bond acceptors (Lipinski definition) is 2. The number of imidazole rings is 1. The zero-order valence-electron chi connectivity index (χ0n) is 19.9. The number of carbonyl (C=O) groups is 1. The number of allylic oxidation sites excluding steroid dienone is 1. The van der Waals surface area contributed by atoms with Gasteiger partial charge in [0.1, 0.15) is 5.54 Å². The molecular weight excluding hydrogens is 440 g/mol. The highest BCUT2D eigenvalue weighted by Gasteiger charge is 2.38. The van der Waals surface area contributed by atoms with Gasteiger partial charge in [-0.05, 0) is 40.3 Å². The van der Waals surface area contributed by atoms with Crippen LogP contribution in [0.3, 0.4) is 0 Å². The number of aromatic nitrogens is 2. The van der Waals surface area contributed by atoms with Gasteiger partial charge in [0.25, 0.3) is 0 Å². The second-order valence-corrected chi connectivity index (χ2v) is 9.15. The van der Waals surface area contributed by atoms with Crippen LogP contribution < -0.4 is 0 Å². The van der Waals surface area contributed by atoms with Crippen LogP contribution >= 0.6 is 0 Å². The average Bonchev–Trinajstić information content (AvgIpc) is 3.44. The molecule has 1 fully saturated rings. The summed E-state index contributed by atoms with van der Waals surface area (Å²) >= 11 is 0. The zero-order chi connectivity index (χ0) is 24.4. The maximum atomic E-state index is 12.0. The Morgan fingerprint density at radius 1 is 0.667 bits per heavy atom. The minimum absolute atomic E-state index is 0.242. The number of nitrogens with zero attached hydrogens (tertiary/aromatic N) is 2. The van der Waals surface area contributed by atoms with Crippen LogP contribution in [-0.4, -0.2) is 15.3 Å². The molecule has 0 radical (unpaired) electrons. The van der Waals surface area contributed by atoms with Gasteiger partial charge in [-0.1, -0.05) is 115 Å². The molecule has 0 bridgehead atoms. The number of hydrogen-bond donors (Lipinski definition) is 0. The van der Waals surface area contributed by atoms with Crippen molar-refractivity contribution in [2.24, 2.45) is 0 Å². The van der Waals surface area contributed by atoms with E-state index in [1.807, 2.05) is 24.5 Å². The molecule has 0 amide bonds. The van der Waals surface area contributed by atoms with Crippen LogP contribution in [0.1, 0.15) is 35.1 Å². The summed E-state index contributed by atoms with van der Waals surface area (Å²) in [5.41, 5.74) is 6.68. The van der Waals surface area contributed by atoms with Crippen LogP contribution in [0.4, 0.5) is 0 Å². The number of benzene rings is 4. The number of ketones is 1. The van der Waals surface area contributed by atoms with Gasteiger partial charge in [0.15, 0.2) is 5.78 Å². The van der Waals surface area contributed by atoms with E-state index in [-0.39, 0.29) is 5.78 Å². The van der Waals surface area contributed by atoms with Crippen molar-refractivity contribution in [3.63, 3.8) is 0 Å². The maximum absolute atomic E-state index is 12.0. The van der Waals surface area contributed by atoms with Crippen LogP contribution in [0.5, 0.6) is 0 Å². The lowest BCUT2D eigenvalue weighted by atomic mass is 9.77. The largest absolute Gasteiger partial charge is 0.318 e. The van der Waals surface area contributed by atoms with Crippen molar-refractivity contribution in [3.8, 4) is 11.3 Å². The van der Waals surface area contributed by atoms with Crippen LogP contribution in [0.25, 0.3) is 17.3 Å². The predicted octanol–water partition coefficient (Wildman–Crippen LogP) is 7.14. The molecule has 1 aliphatic rings. The van der Waals surface area contributed by atoms with Gasteiger partial charge in [-0.2, -0.15) is 0 Å². The first-order valence-electron chi connectivity index (χ1n) is 12.3. The first-order chi connectivity index (χ1) is 17.8. The summed E-state index contributed by atoms with van der Waals surface area (Å²) < 4.78 is 2.22. The molecule has 0 N–H and O–H groups in total. The van der Waals surface area contributed by atoms with Crippen LogP contribution in [-0.2, 0) is 10.3 Å². The molecule has 0 saturated heterocycles. The van der Waals surface area contributed by atoms with E-state index < -0.39 is 5.54 Å². The molecule has 4 aromatic carbocycles. The SMILES string of the molecule is O=C1CCC1=Cc1ccccc1-c1cn(C(c2ccccc2)(c2ccccc2)c2ccccc2)cn1. The molecule has 1 heterocycles. The highest BCUT2D eigenvalue weighted by molar-refractivity contribution is 6.05. The third-order valence-corrected chi connectivity index (χ3v) is 7.09. The molecule has 3 heteroatoms. The first-order valence-corrected chi connectivity index (χ1v) is 12.3. The fraction of sp³-hybridized carbons (Fsp3) is 0.0909. The smallest absolute Gasteiger partial charge is 0.159 e. The Bertz CT molecular complexity index is 1440. The highest BCUT2D eigenvalue weighted by atomic mass is 16.1. The molecule has 1 aliphatic carbocycles. The third kappa shape index (κ3) is 3.70. The van der Waals surface area contributed by atoms with Gasteiger partial charge in [-0.3, -0.25) is 4.79 Å². The molecule has 1 aromatic heterocycles. The Morgan fingerprint density at radius 3 is 1.69 bits per heavy atom. The van der Waals surface area contributed by atoms with Crippen LogP contribution in [0.15, 0.2) is 133 Å². The van der Waals surface area contributed by atoms with Crippen molar-refractivity contribution in [2.75, 3.05) is 0 Å². The highest BCUT2D eigenvalue weighted by Crippen LogP contribution is 2.41. The Labute approximate surface area is 211 Å². The van der Waals surface area contributed by atoms with Gasteiger partial charge in [0.2, 0.25) is 0 Å². The molecule has 0 atom stereocenters. The lowest BCUT2D eigenvalue weighted by molar-refractivity contribution is -0.118. The summed E-state index contributed by atoms with van der Waals surface area (Å²) in [6.45, 7) is 0. The molecule has 174 valence electrons. The van der Waals surface area contributed by atoms with Crippen LogP contribution in [0.2, 0.25) is 0 Å². The molecule has 0 aliphatic heterocycles. The zero-order valence-corrected chi connectivity index (χ0v) is 19.9. The Balaban J connectivity index is 1.58. The average molecular weight is 467 g/mol. The molecule has 5 aromatic rings. The van der Waals surface area contributed by atoms with Gasteiger partial charge in [-0.25, -0.2) is 4.98 Å². The second kappa shape index (κ2) is 9.27. The van der Waals surface area contributed by atoms with Crippen molar-refractivity contribution < 1.29 is 4.79 Å². The van der Waals surface area contributed by atoms with Gasteiger partial charge in [0.05, 0.1) is 12.0 Å². The molecule has 36 heavy (non-hydrogen) atoms. The van der Waals surface area contributed by atoms with Crippen molar-refractivity contribution in [3.05, 3.63) is 156 Å². The Morgan fingerprint density at radius 2 is 1.19 bits per heavy atom. The van der Waals surface area contributed by atoms with E-state index in [0.29, 0.717) is 6.42 Å². The fourth-order valence-electron chi connectivity index (χ4n) is 5.20. The van der Waals surface area contributed by atoms with E-state index in [1.165, 1.54) is 0 Å². The maximum Gasteiger partial charge on any atom is 0.159 e. The van der Waals surface area contributed by atoms with Crippen molar-refractivity contribution >= 4 is 11.9 Å². The number of carbonyl (C=O) groups excluding carboxylic acids is 1. The molecule has 6 rings (SSSR count). The van der Waals surface area contributed by atoms with Crippen molar-refractivity contribution in [1.82, 2.24) is 9.55 Å². The molecule has 3 nitrogen and oxygen atoms in total. The van der Waals surface area contributed by atoms with Crippen molar-refractivity contribution in [1.29, 1.82) is 0 Å². The van der Waals surface area contributed by atoms with Crippen molar-refractivity contribution in [2.45, 2.75) is 18.4 Å². The van der Waals surface area contributed by atoms with E-state index in [0.717, 1.165) is 45.5 Å². The van der Waals surface area contributed by atoms with E-state index in [4.69, 9.17) is 4.98 Å². The Kier molecular flexibility index (Phi) is 5.67. The third-order valence-electron chi connectivity index (χ3n) is 7.09. The second-order valence-electron chi connectivity index (χ2n) is 9.15. The first kappa shape index (κ1) is 22.0. The summed E-state index contributed by atoms with van der Waals surface area (Å²) in [5, 5.41) is 0. The lowest BCUT2D eigenvalue weighted by Gasteiger charge is -2.37. The molecular formula is C33H26N2O. The van der Waals surface area contributed by atoms with Gasteiger partial charge >= 0.3 is 0 Å². The van der Waals surface area contributed by atoms with E-state index in [2.05, 4.69) is 114 Å². The normalized spacial score (nSPS) is 14.6. The summed E-state index contributed by atoms with van der Waals surface area (Å²) in [7, 11) is 0. The minimum atomic E-state index is -0.605. The topological polar surface area (TPSA) is 34.9 Å². The van der Waals surface area contributed by atoms with Gasteiger partial charge in [0, 0.05) is 18.2 Å². The Hall–Kier alpha value is -4.50. The van der Waals surface area contributed by atoms with E-state index in [1.54, 1.807) is 0 Å². The van der Waals surface area contributed by atoms with E-state index >= 15 is 0 Å².